The van der Waals surface area contributed by atoms with Crippen LogP contribution in [0.15, 0.2) is 46.9 Å². The lowest BCUT2D eigenvalue weighted by atomic mass is 10.2. The Balaban J connectivity index is 1.93. The Bertz CT molecular complexity index is 752. The summed E-state index contributed by atoms with van der Waals surface area (Å²) >= 11 is 9.33. The maximum atomic E-state index is 12.1. The van der Waals surface area contributed by atoms with Gasteiger partial charge in [0, 0.05) is 11.4 Å². The zero-order valence-electron chi connectivity index (χ0n) is 12.9. The summed E-state index contributed by atoms with van der Waals surface area (Å²) in [4.78, 5) is 23.3. The van der Waals surface area contributed by atoms with E-state index in [1.54, 1.807) is 36.4 Å². The Labute approximate surface area is 153 Å². The Morgan fingerprint density at radius 3 is 2.58 bits per heavy atom. The van der Waals surface area contributed by atoms with Gasteiger partial charge in [-0.1, -0.05) is 39.7 Å². The smallest absolute Gasteiger partial charge is 0.227 e. The number of benzene rings is 2. The van der Waals surface area contributed by atoms with E-state index in [1.807, 2.05) is 6.07 Å². The molecule has 0 bridgehead atoms. The van der Waals surface area contributed by atoms with E-state index in [9.17, 15) is 9.59 Å². The number of halogens is 2. The van der Waals surface area contributed by atoms with Gasteiger partial charge < -0.3 is 15.4 Å². The molecule has 0 aliphatic rings. The molecule has 2 rings (SSSR count). The fraction of sp³-hybridized carbons (Fsp3) is 0.176. The van der Waals surface area contributed by atoms with E-state index in [1.165, 1.54) is 6.92 Å². The van der Waals surface area contributed by atoms with Gasteiger partial charge in [-0.25, -0.2) is 0 Å². The minimum absolute atomic E-state index is 0.150. The summed E-state index contributed by atoms with van der Waals surface area (Å²) in [5.74, 6) is 0.0926. The van der Waals surface area contributed by atoms with Crippen molar-refractivity contribution in [2.75, 3.05) is 17.2 Å². The standard InChI is InChI=1S/C17H16BrClN2O3/c1-11(22)20-14-7-6-12(18)10-15(14)21-17(23)8-9-24-16-5-3-2-4-13(16)19/h2-7,10H,8-9H2,1H3,(H,20,22)(H,21,23). The third-order valence-corrected chi connectivity index (χ3v) is 3.80. The minimum atomic E-state index is -0.230. The molecule has 0 aliphatic heterocycles. The molecule has 0 aliphatic carbocycles. The van der Waals surface area contributed by atoms with Crippen LogP contribution in [0.1, 0.15) is 13.3 Å². The SMILES string of the molecule is CC(=O)Nc1ccc(Br)cc1NC(=O)CCOc1ccccc1Cl. The van der Waals surface area contributed by atoms with Crippen molar-refractivity contribution in [1.29, 1.82) is 0 Å². The van der Waals surface area contributed by atoms with Crippen LogP contribution in [0.3, 0.4) is 0 Å². The molecule has 0 radical (unpaired) electrons. The molecule has 0 unspecified atom stereocenters. The molecule has 5 nitrogen and oxygen atoms in total. The fourth-order valence-corrected chi connectivity index (χ4v) is 2.50. The topological polar surface area (TPSA) is 67.4 Å². The van der Waals surface area contributed by atoms with Crippen molar-refractivity contribution in [1.82, 2.24) is 0 Å². The summed E-state index contributed by atoms with van der Waals surface area (Å²) in [5, 5.41) is 5.93. The second-order valence-electron chi connectivity index (χ2n) is 4.95. The Hall–Kier alpha value is -2.05. The van der Waals surface area contributed by atoms with Gasteiger partial charge in [0.1, 0.15) is 5.75 Å². The molecule has 0 atom stereocenters. The number of para-hydroxylation sites is 1. The largest absolute Gasteiger partial charge is 0.491 e. The quantitative estimate of drug-likeness (QED) is 0.737. The molecule has 2 aromatic carbocycles. The second kappa shape index (κ2) is 8.70. The van der Waals surface area contributed by atoms with Gasteiger partial charge in [0.25, 0.3) is 0 Å². The van der Waals surface area contributed by atoms with E-state index < -0.39 is 0 Å². The number of hydrogen-bond acceptors (Lipinski definition) is 3. The lowest BCUT2D eigenvalue weighted by Crippen LogP contribution is -2.17. The van der Waals surface area contributed by atoms with Crippen LogP contribution >= 0.6 is 27.5 Å². The van der Waals surface area contributed by atoms with E-state index in [0.29, 0.717) is 22.1 Å². The summed E-state index contributed by atoms with van der Waals surface area (Å²) in [6.45, 7) is 1.60. The van der Waals surface area contributed by atoms with Crippen LogP contribution in [-0.4, -0.2) is 18.4 Å². The van der Waals surface area contributed by atoms with Gasteiger partial charge in [-0.05, 0) is 30.3 Å². The monoisotopic (exact) mass is 410 g/mol. The highest BCUT2D eigenvalue weighted by Crippen LogP contribution is 2.26. The lowest BCUT2D eigenvalue weighted by molar-refractivity contribution is -0.117. The summed E-state index contributed by atoms with van der Waals surface area (Å²) in [6, 6.07) is 12.3. The maximum Gasteiger partial charge on any atom is 0.227 e. The zero-order chi connectivity index (χ0) is 17.5. The lowest BCUT2D eigenvalue weighted by Gasteiger charge is -2.12. The van der Waals surface area contributed by atoms with Crippen LogP contribution in [0.2, 0.25) is 5.02 Å². The molecule has 126 valence electrons. The molecule has 0 saturated heterocycles. The normalized spacial score (nSPS) is 10.1. The predicted molar refractivity (Wildman–Crippen MR) is 98.6 cm³/mol. The van der Waals surface area contributed by atoms with E-state index >= 15 is 0 Å². The first-order valence-corrected chi connectivity index (χ1v) is 8.37. The molecule has 24 heavy (non-hydrogen) atoms. The molecule has 0 saturated carbocycles. The van der Waals surface area contributed by atoms with E-state index in [4.69, 9.17) is 16.3 Å². The third-order valence-electron chi connectivity index (χ3n) is 2.99. The van der Waals surface area contributed by atoms with Crippen LogP contribution in [-0.2, 0) is 9.59 Å². The first kappa shape index (κ1) is 18.3. The molecule has 2 aromatic rings. The summed E-state index contributed by atoms with van der Waals surface area (Å²) < 4.78 is 6.28. The van der Waals surface area contributed by atoms with E-state index in [-0.39, 0.29) is 24.8 Å². The van der Waals surface area contributed by atoms with Crippen molar-refractivity contribution in [3.8, 4) is 5.75 Å². The van der Waals surface area contributed by atoms with E-state index in [2.05, 4.69) is 26.6 Å². The molecule has 0 aromatic heterocycles. The van der Waals surface area contributed by atoms with Crippen molar-refractivity contribution in [2.24, 2.45) is 0 Å². The third kappa shape index (κ3) is 5.54. The zero-order valence-corrected chi connectivity index (χ0v) is 15.3. The fourth-order valence-electron chi connectivity index (χ4n) is 1.95. The molecule has 0 fully saturated rings. The van der Waals surface area contributed by atoms with Crippen molar-refractivity contribution in [2.45, 2.75) is 13.3 Å². The van der Waals surface area contributed by atoms with Crippen LogP contribution < -0.4 is 15.4 Å². The van der Waals surface area contributed by atoms with Gasteiger partial charge in [-0.3, -0.25) is 9.59 Å². The van der Waals surface area contributed by atoms with E-state index in [0.717, 1.165) is 4.47 Å². The van der Waals surface area contributed by atoms with Gasteiger partial charge >= 0.3 is 0 Å². The highest BCUT2D eigenvalue weighted by Gasteiger charge is 2.09. The van der Waals surface area contributed by atoms with Gasteiger partial charge in [0.05, 0.1) is 29.4 Å². The highest BCUT2D eigenvalue weighted by molar-refractivity contribution is 9.10. The van der Waals surface area contributed by atoms with Crippen LogP contribution in [0, 0.1) is 0 Å². The highest BCUT2D eigenvalue weighted by atomic mass is 79.9. The average Bonchev–Trinajstić information content (AvgIpc) is 2.51. The van der Waals surface area contributed by atoms with Crippen molar-refractivity contribution >= 4 is 50.7 Å². The molecule has 2 amide bonds. The summed E-state index contributed by atoms with van der Waals surface area (Å²) in [7, 11) is 0. The first-order chi connectivity index (χ1) is 11.5. The van der Waals surface area contributed by atoms with Gasteiger partial charge in [0.15, 0.2) is 0 Å². The van der Waals surface area contributed by atoms with Crippen molar-refractivity contribution in [3.05, 3.63) is 52.0 Å². The number of hydrogen-bond donors (Lipinski definition) is 2. The van der Waals surface area contributed by atoms with Crippen LogP contribution in [0.25, 0.3) is 0 Å². The Morgan fingerprint density at radius 1 is 1.12 bits per heavy atom. The Morgan fingerprint density at radius 2 is 1.88 bits per heavy atom. The second-order valence-corrected chi connectivity index (χ2v) is 6.27. The summed E-state index contributed by atoms with van der Waals surface area (Å²) in [6.07, 6.45) is 0.150. The predicted octanol–water partition coefficient (Wildman–Crippen LogP) is 4.47. The number of rotatable bonds is 6. The molecular weight excluding hydrogens is 396 g/mol. The molecular formula is C17H16BrClN2O3. The number of ether oxygens (including phenoxy) is 1. The molecule has 0 spiro atoms. The maximum absolute atomic E-state index is 12.1. The van der Waals surface area contributed by atoms with Crippen molar-refractivity contribution < 1.29 is 14.3 Å². The van der Waals surface area contributed by atoms with Crippen LogP contribution in [0.4, 0.5) is 11.4 Å². The average molecular weight is 412 g/mol. The van der Waals surface area contributed by atoms with Crippen LogP contribution in [0.5, 0.6) is 5.75 Å². The molecule has 0 heterocycles. The number of nitrogens with one attached hydrogen (secondary N) is 2. The number of anilines is 2. The van der Waals surface area contributed by atoms with Gasteiger partial charge in [0.2, 0.25) is 11.8 Å². The molecule has 7 heteroatoms. The first-order valence-electron chi connectivity index (χ1n) is 7.20. The minimum Gasteiger partial charge on any atom is -0.491 e. The van der Waals surface area contributed by atoms with Gasteiger partial charge in [-0.2, -0.15) is 0 Å². The number of carbonyl (C=O) groups excluding carboxylic acids is 2. The Kier molecular flexibility index (Phi) is 6.63. The van der Waals surface area contributed by atoms with Gasteiger partial charge in [-0.15, -0.1) is 0 Å². The number of amides is 2. The summed E-state index contributed by atoms with van der Waals surface area (Å²) in [5.41, 5.74) is 1.05. The molecule has 2 N–H and O–H groups in total. The number of carbonyl (C=O) groups is 2. The van der Waals surface area contributed by atoms with Crippen molar-refractivity contribution in [3.63, 3.8) is 0 Å².